The lowest BCUT2D eigenvalue weighted by molar-refractivity contribution is 0.0140. The molecule has 1 heterocycles. The van der Waals surface area contributed by atoms with Crippen LogP contribution in [0.2, 0.25) is 0 Å². The molecule has 2 aromatic rings. The van der Waals surface area contributed by atoms with Gasteiger partial charge in [0.1, 0.15) is 0 Å². The molecule has 140 valence electrons. The zero-order chi connectivity index (χ0) is 18.9. The zero-order valence-corrected chi connectivity index (χ0v) is 15.6. The Morgan fingerprint density at radius 2 is 2.04 bits per heavy atom. The van der Waals surface area contributed by atoms with Gasteiger partial charge in [-0.2, -0.15) is 5.10 Å². The molecule has 1 amide bonds. The van der Waals surface area contributed by atoms with E-state index in [9.17, 15) is 15.0 Å². The van der Waals surface area contributed by atoms with Crippen molar-refractivity contribution in [1.29, 1.82) is 0 Å². The van der Waals surface area contributed by atoms with Gasteiger partial charge in [0.05, 0.1) is 17.5 Å². The van der Waals surface area contributed by atoms with Gasteiger partial charge >= 0.3 is 0 Å². The normalized spacial score (nSPS) is 23.2. The lowest BCUT2D eigenvalue weighted by Gasteiger charge is -2.33. The summed E-state index contributed by atoms with van der Waals surface area (Å²) >= 11 is 0. The summed E-state index contributed by atoms with van der Waals surface area (Å²) in [5, 5.41) is 27.4. The molecule has 3 N–H and O–H groups in total. The highest BCUT2D eigenvalue weighted by atomic mass is 16.3. The number of rotatable bonds is 4. The molecule has 26 heavy (non-hydrogen) atoms. The van der Waals surface area contributed by atoms with E-state index in [0.29, 0.717) is 18.8 Å². The molecule has 3 rings (SSSR count). The van der Waals surface area contributed by atoms with Crippen LogP contribution in [0, 0.1) is 0 Å². The number of aromatic hydroxyl groups is 1. The molecule has 1 aliphatic rings. The maximum absolute atomic E-state index is 12.5. The lowest BCUT2D eigenvalue weighted by atomic mass is 9.83. The van der Waals surface area contributed by atoms with E-state index in [1.165, 1.54) is 10.9 Å². The molecule has 1 fully saturated rings. The number of carbonyl (C=O) groups is 1. The van der Waals surface area contributed by atoms with Crippen LogP contribution >= 0.6 is 0 Å². The largest absolute Gasteiger partial charge is 0.504 e. The Bertz CT molecular complexity index is 785. The summed E-state index contributed by atoms with van der Waals surface area (Å²) in [6.45, 7) is 6.05. The molecule has 0 atom stereocenters. The predicted molar refractivity (Wildman–Crippen MR) is 99.7 cm³/mol. The van der Waals surface area contributed by atoms with Crippen LogP contribution in [0.15, 0.2) is 30.5 Å². The molecule has 0 saturated heterocycles. The summed E-state index contributed by atoms with van der Waals surface area (Å²) in [6, 6.07) is 7.88. The van der Waals surface area contributed by atoms with E-state index in [0.717, 1.165) is 24.1 Å². The van der Waals surface area contributed by atoms with Crippen molar-refractivity contribution >= 4 is 5.91 Å². The second-order valence-electron chi connectivity index (χ2n) is 7.80. The number of aliphatic hydroxyl groups is 1. The van der Waals surface area contributed by atoms with Crippen LogP contribution in [0.25, 0.3) is 5.69 Å². The van der Waals surface area contributed by atoms with Crippen molar-refractivity contribution in [3.05, 3.63) is 41.7 Å². The monoisotopic (exact) mass is 357 g/mol. The second-order valence-corrected chi connectivity index (χ2v) is 7.80. The highest BCUT2D eigenvalue weighted by Gasteiger charge is 2.30. The van der Waals surface area contributed by atoms with Gasteiger partial charge in [0, 0.05) is 6.04 Å². The molecule has 0 bridgehead atoms. The van der Waals surface area contributed by atoms with Crippen LogP contribution in [0.5, 0.6) is 5.75 Å². The maximum atomic E-state index is 12.5. The molecule has 6 nitrogen and oxygen atoms in total. The molecule has 1 saturated carbocycles. The molecule has 0 unspecified atom stereocenters. The fraction of sp³-hybridized carbons (Fsp3) is 0.500. The van der Waals surface area contributed by atoms with Crippen molar-refractivity contribution in [2.45, 2.75) is 64.0 Å². The summed E-state index contributed by atoms with van der Waals surface area (Å²) in [7, 11) is 0. The quantitative estimate of drug-likeness (QED) is 0.784. The van der Waals surface area contributed by atoms with Crippen LogP contribution in [0.1, 0.15) is 68.4 Å². The predicted octanol–water partition coefficient (Wildman–Crippen LogP) is 3.12. The Kier molecular flexibility index (Phi) is 5.05. The number of aromatic nitrogens is 2. The third kappa shape index (κ3) is 4.07. The van der Waals surface area contributed by atoms with Crippen molar-refractivity contribution in [1.82, 2.24) is 15.1 Å². The van der Waals surface area contributed by atoms with E-state index in [-0.39, 0.29) is 23.4 Å². The molecule has 1 aromatic heterocycles. The van der Waals surface area contributed by atoms with Gasteiger partial charge in [-0.05, 0) is 56.2 Å². The molecular weight excluding hydrogens is 330 g/mol. The van der Waals surface area contributed by atoms with Gasteiger partial charge in [-0.25, -0.2) is 4.68 Å². The molecular formula is C20H27N3O3. The molecule has 0 aliphatic heterocycles. The fourth-order valence-corrected chi connectivity index (χ4v) is 3.32. The van der Waals surface area contributed by atoms with Crippen molar-refractivity contribution in [2.75, 3.05) is 0 Å². The number of benzene rings is 1. The molecule has 0 spiro atoms. The van der Waals surface area contributed by atoms with E-state index >= 15 is 0 Å². The minimum absolute atomic E-state index is 0.00320. The summed E-state index contributed by atoms with van der Waals surface area (Å²) in [6.07, 6.45) is 4.20. The minimum Gasteiger partial charge on any atom is -0.504 e. The van der Waals surface area contributed by atoms with Gasteiger partial charge in [0.2, 0.25) is 0 Å². The van der Waals surface area contributed by atoms with E-state index in [2.05, 4.69) is 24.3 Å². The first kappa shape index (κ1) is 18.5. The SMILES string of the molecule is CC(C)c1cccc(-n2cc(O)c(C(=O)NC3CCC(C)(O)CC3)n2)c1. The average Bonchev–Trinajstić information content (AvgIpc) is 2.99. The summed E-state index contributed by atoms with van der Waals surface area (Å²) in [4.78, 5) is 12.5. The van der Waals surface area contributed by atoms with Gasteiger partial charge < -0.3 is 15.5 Å². The first-order chi connectivity index (χ1) is 12.2. The third-order valence-electron chi connectivity index (χ3n) is 5.11. The van der Waals surface area contributed by atoms with Gasteiger partial charge in [-0.3, -0.25) is 4.79 Å². The molecule has 1 aromatic carbocycles. The highest BCUT2D eigenvalue weighted by molar-refractivity contribution is 5.95. The van der Waals surface area contributed by atoms with Crippen LogP contribution in [-0.2, 0) is 0 Å². The van der Waals surface area contributed by atoms with Crippen LogP contribution in [0.4, 0.5) is 0 Å². The number of carbonyl (C=O) groups excluding carboxylic acids is 1. The topological polar surface area (TPSA) is 87.4 Å². The Morgan fingerprint density at radius 1 is 1.35 bits per heavy atom. The van der Waals surface area contributed by atoms with E-state index in [1.54, 1.807) is 0 Å². The first-order valence-electron chi connectivity index (χ1n) is 9.17. The molecule has 1 aliphatic carbocycles. The Labute approximate surface area is 153 Å². The van der Waals surface area contributed by atoms with Crippen molar-refractivity contribution in [3.8, 4) is 11.4 Å². The molecule has 6 heteroatoms. The number of nitrogens with one attached hydrogen (secondary N) is 1. The summed E-state index contributed by atoms with van der Waals surface area (Å²) < 4.78 is 1.53. The zero-order valence-electron chi connectivity index (χ0n) is 15.6. The van der Waals surface area contributed by atoms with Crippen molar-refractivity contribution in [2.24, 2.45) is 0 Å². The Balaban J connectivity index is 1.74. The van der Waals surface area contributed by atoms with E-state index < -0.39 is 5.60 Å². The van der Waals surface area contributed by atoms with Crippen LogP contribution < -0.4 is 5.32 Å². The van der Waals surface area contributed by atoms with Gasteiger partial charge in [-0.1, -0.05) is 26.0 Å². The Morgan fingerprint density at radius 3 is 2.69 bits per heavy atom. The van der Waals surface area contributed by atoms with Gasteiger partial charge in [0.15, 0.2) is 11.4 Å². The third-order valence-corrected chi connectivity index (χ3v) is 5.11. The smallest absolute Gasteiger partial charge is 0.275 e. The standard InChI is InChI=1S/C20H27N3O3/c1-13(2)14-5-4-6-16(11-14)23-12-17(24)18(22-23)19(25)21-15-7-9-20(3,26)10-8-15/h4-6,11-13,15,24,26H,7-10H2,1-3H3,(H,21,25). The Hall–Kier alpha value is -2.34. The maximum Gasteiger partial charge on any atom is 0.275 e. The first-order valence-corrected chi connectivity index (χ1v) is 9.17. The van der Waals surface area contributed by atoms with Crippen LogP contribution in [0.3, 0.4) is 0 Å². The van der Waals surface area contributed by atoms with Gasteiger partial charge in [-0.15, -0.1) is 0 Å². The number of nitrogens with zero attached hydrogens (tertiary/aromatic N) is 2. The number of hydrogen-bond donors (Lipinski definition) is 3. The van der Waals surface area contributed by atoms with Gasteiger partial charge in [0.25, 0.3) is 5.91 Å². The highest BCUT2D eigenvalue weighted by Crippen LogP contribution is 2.28. The molecule has 0 radical (unpaired) electrons. The van der Waals surface area contributed by atoms with Crippen molar-refractivity contribution < 1.29 is 15.0 Å². The lowest BCUT2D eigenvalue weighted by Crippen LogP contribution is -2.42. The minimum atomic E-state index is -0.646. The van der Waals surface area contributed by atoms with Crippen LogP contribution in [-0.4, -0.2) is 37.5 Å². The van der Waals surface area contributed by atoms with E-state index in [1.807, 2.05) is 31.2 Å². The summed E-state index contributed by atoms with van der Waals surface area (Å²) in [5.74, 6) is -0.140. The number of amides is 1. The van der Waals surface area contributed by atoms with Crippen molar-refractivity contribution in [3.63, 3.8) is 0 Å². The second kappa shape index (κ2) is 7.11. The summed E-state index contributed by atoms with van der Waals surface area (Å²) in [5.41, 5.74) is 1.35. The van der Waals surface area contributed by atoms with E-state index in [4.69, 9.17) is 0 Å². The average molecular weight is 357 g/mol. The number of hydrogen-bond acceptors (Lipinski definition) is 4. The fourth-order valence-electron chi connectivity index (χ4n) is 3.32.